The number of aromatic nitrogens is 2. The molecular formula is C45H41N7. The highest BCUT2D eigenvalue weighted by molar-refractivity contribution is 6.18. The Labute approximate surface area is 303 Å². The number of hydrogen-bond acceptors (Lipinski definition) is 5. The van der Waals surface area contributed by atoms with Gasteiger partial charge >= 0.3 is 0 Å². The molecule has 0 bridgehead atoms. The first-order valence-electron chi connectivity index (χ1n) is 18.1. The van der Waals surface area contributed by atoms with Crippen LogP contribution >= 0.6 is 0 Å². The smallest absolute Gasteiger partial charge is 0.161 e. The number of fused-ring (bicyclic) bond motifs is 6. The molecule has 2 aliphatic rings. The summed E-state index contributed by atoms with van der Waals surface area (Å²) >= 11 is 0. The van der Waals surface area contributed by atoms with Crippen molar-refractivity contribution in [2.45, 2.75) is 31.2 Å². The summed E-state index contributed by atoms with van der Waals surface area (Å²) in [6.07, 6.45) is 2.11. The molecule has 7 nitrogen and oxygen atoms in total. The van der Waals surface area contributed by atoms with E-state index in [1.165, 1.54) is 60.3 Å². The molecule has 7 heteroatoms. The summed E-state index contributed by atoms with van der Waals surface area (Å²) < 4.78 is 4.89. The van der Waals surface area contributed by atoms with Crippen LogP contribution in [0.4, 0.5) is 0 Å². The molecule has 2 aliphatic heterocycles. The maximum atomic E-state index is 3.96. The van der Waals surface area contributed by atoms with Gasteiger partial charge in [-0.05, 0) is 60.0 Å². The standard InChI is InChI=1S/C45H41N7/c1-45(32-18-8-4-9-19-32)48-42(30-16-6-3-7-17-30)47-43(49-45)31-28-46-44(50(2)29-31)52-39-25-15-13-23-35(39)37-26-36-34-22-12-14-24-38(34)51(40(36)27-41(37)52)33-20-10-5-11-21-33/h3-27,29,42-44,46-49H,28H2,1-2H3. The second-order valence-electron chi connectivity index (χ2n) is 14.3. The molecule has 256 valence electrons. The second-order valence-corrected chi connectivity index (χ2v) is 14.3. The van der Waals surface area contributed by atoms with Gasteiger partial charge in [0.15, 0.2) is 6.29 Å². The van der Waals surface area contributed by atoms with Crippen LogP contribution < -0.4 is 21.3 Å². The molecule has 0 spiro atoms. The predicted octanol–water partition coefficient (Wildman–Crippen LogP) is 8.45. The van der Waals surface area contributed by atoms with Gasteiger partial charge in [-0.15, -0.1) is 0 Å². The Hall–Kier alpha value is -5.70. The van der Waals surface area contributed by atoms with Crippen molar-refractivity contribution in [3.63, 3.8) is 0 Å². The number of nitrogens with one attached hydrogen (secondary N) is 4. The van der Waals surface area contributed by atoms with Gasteiger partial charge in [-0.25, -0.2) is 0 Å². The van der Waals surface area contributed by atoms with Crippen molar-refractivity contribution in [1.82, 2.24) is 35.3 Å². The Morgan fingerprint density at radius 2 is 1.17 bits per heavy atom. The van der Waals surface area contributed by atoms with E-state index in [-0.39, 0.29) is 18.6 Å². The highest BCUT2D eigenvalue weighted by atomic mass is 15.4. The van der Waals surface area contributed by atoms with E-state index in [2.05, 4.69) is 207 Å². The fourth-order valence-electron chi connectivity index (χ4n) is 8.59. The molecule has 4 heterocycles. The van der Waals surface area contributed by atoms with E-state index < -0.39 is 5.66 Å². The van der Waals surface area contributed by atoms with Crippen molar-refractivity contribution in [3.05, 3.63) is 175 Å². The third kappa shape index (κ3) is 4.97. The second kappa shape index (κ2) is 12.2. The number of benzene rings is 6. The van der Waals surface area contributed by atoms with Gasteiger partial charge < -0.3 is 14.0 Å². The molecule has 10 rings (SSSR count). The molecule has 4 unspecified atom stereocenters. The van der Waals surface area contributed by atoms with Crippen molar-refractivity contribution >= 4 is 43.6 Å². The average molecular weight is 680 g/mol. The van der Waals surface area contributed by atoms with Gasteiger partial charge in [0.05, 0.1) is 40.1 Å². The molecule has 0 aliphatic carbocycles. The van der Waals surface area contributed by atoms with Gasteiger partial charge in [0.25, 0.3) is 0 Å². The van der Waals surface area contributed by atoms with Crippen LogP contribution in [0.1, 0.15) is 30.5 Å². The van der Waals surface area contributed by atoms with Crippen molar-refractivity contribution in [2.24, 2.45) is 0 Å². The first-order valence-corrected chi connectivity index (χ1v) is 18.1. The molecule has 1 fully saturated rings. The van der Waals surface area contributed by atoms with Gasteiger partial charge in [-0.2, -0.15) is 0 Å². The van der Waals surface area contributed by atoms with Gasteiger partial charge in [0.2, 0.25) is 0 Å². The molecule has 1 saturated heterocycles. The molecule has 8 aromatic rings. The zero-order valence-corrected chi connectivity index (χ0v) is 29.3. The van der Waals surface area contributed by atoms with Crippen LogP contribution in [0.15, 0.2) is 163 Å². The Balaban J connectivity index is 1.08. The normalized spacial score (nSPS) is 22.4. The topological polar surface area (TPSA) is 61.2 Å². The Morgan fingerprint density at radius 1 is 0.577 bits per heavy atom. The van der Waals surface area contributed by atoms with Crippen molar-refractivity contribution in [1.29, 1.82) is 0 Å². The van der Waals surface area contributed by atoms with Gasteiger partial charge in [-0.3, -0.25) is 21.3 Å². The third-order valence-corrected chi connectivity index (χ3v) is 11.1. The van der Waals surface area contributed by atoms with E-state index in [4.69, 9.17) is 0 Å². The van der Waals surface area contributed by atoms with Crippen LogP contribution in [-0.4, -0.2) is 33.8 Å². The van der Waals surface area contributed by atoms with Crippen LogP contribution in [-0.2, 0) is 5.66 Å². The Morgan fingerprint density at radius 3 is 1.90 bits per heavy atom. The molecule has 0 saturated carbocycles. The molecule has 2 aromatic heterocycles. The molecule has 0 amide bonds. The van der Waals surface area contributed by atoms with Crippen molar-refractivity contribution in [3.8, 4) is 5.69 Å². The highest BCUT2D eigenvalue weighted by Crippen LogP contribution is 2.40. The van der Waals surface area contributed by atoms with Crippen LogP contribution in [0.3, 0.4) is 0 Å². The Kier molecular flexibility index (Phi) is 7.30. The minimum absolute atomic E-state index is 0.0438. The third-order valence-electron chi connectivity index (χ3n) is 11.1. The van der Waals surface area contributed by atoms with Crippen LogP contribution in [0.2, 0.25) is 0 Å². The molecule has 4 N–H and O–H groups in total. The summed E-state index contributed by atoms with van der Waals surface area (Å²) in [4.78, 5) is 2.32. The minimum Gasteiger partial charge on any atom is -0.348 e. The molecule has 6 aromatic carbocycles. The molecule has 4 atom stereocenters. The van der Waals surface area contributed by atoms with Gasteiger partial charge in [0, 0.05) is 47.0 Å². The fourth-order valence-corrected chi connectivity index (χ4v) is 8.59. The van der Waals surface area contributed by atoms with Gasteiger partial charge in [-0.1, -0.05) is 115 Å². The average Bonchev–Trinajstić information content (AvgIpc) is 3.69. The number of nitrogens with zero attached hydrogens (tertiary/aromatic N) is 3. The lowest BCUT2D eigenvalue weighted by molar-refractivity contribution is 0.126. The summed E-state index contributed by atoms with van der Waals surface area (Å²) in [6.45, 7) is 2.95. The first kappa shape index (κ1) is 31.1. The zero-order chi connectivity index (χ0) is 34.8. The summed E-state index contributed by atoms with van der Waals surface area (Å²) in [7, 11) is 2.18. The summed E-state index contributed by atoms with van der Waals surface area (Å²) in [5, 5.41) is 20.7. The van der Waals surface area contributed by atoms with E-state index >= 15 is 0 Å². The first-order chi connectivity index (χ1) is 25.6. The number of hydrogen-bond donors (Lipinski definition) is 4. The van der Waals surface area contributed by atoms with Crippen LogP contribution in [0.5, 0.6) is 0 Å². The predicted molar refractivity (Wildman–Crippen MR) is 213 cm³/mol. The Bertz CT molecular complexity index is 2610. The van der Waals surface area contributed by atoms with E-state index in [1.54, 1.807) is 0 Å². The maximum absolute atomic E-state index is 3.96. The van der Waals surface area contributed by atoms with Crippen LogP contribution in [0, 0.1) is 0 Å². The minimum atomic E-state index is -0.455. The lowest BCUT2D eigenvalue weighted by Gasteiger charge is -2.48. The lowest BCUT2D eigenvalue weighted by Crippen LogP contribution is -2.69. The van der Waals surface area contributed by atoms with E-state index in [9.17, 15) is 0 Å². The maximum Gasteiger partial charge on any atom is 0.161 e. The largest absolute Gasteiger partial charge is 0.348 e. The van der Waals surface area contributed by atoms with Gasteiger partial charge in [0.1, 0.15) is 0 Å². The zero-order valence-electron chi connectivity index (χ0n) is 29.3. The lowest BCUT2D eigenvalue weighted by atomic mass is 9.96. The molecule has 0 radical (unpaired) electrons. The van der Waals surface area contributed by atoms with Crippen LogP contribution in [0.25, 0.3) is 49.3 Å². The van der Waals surface area contributed by atoms with Crippen molar-refractivity contribution in [2.75, 3.05) is 13.6 Å². The quantitative estimate of drug-likeness (QED) is 0.147. The fraction of sp³-hybridized carbons (Fsp3) is 0.156. The SMILES string of the molecule is CN1C=C(C2NC(c3ccccc3)NC(C)(c3ccccc3)N2)CNC1n1c2ccccc2c2cc3c4ccccc4n(-c4ccccc4)c3cc21. The number of rotatable bonds is 5. The summed E-state index contributed by atoms with van der Waals surface area (Å²) in [6, 6.07) is 54.4. The van der Waals surface area contributed by atoms with E-state index in [0.717, 1.165) is 5.69 Å². The van der Waals surface area contributed by atoms with Crippen molar-refractivity contribution < 1.29 is 0 Å². The number of para-hydroxylation sites is 3. The molecular weight excluding hydrogens is 639 g/mol. The summed E-state index contributed by atoms with van der Waals surface area (Å²) in [5.41, 5.74) is 9.18. The highest BCUT2D eigenvalue weighted by Gasteiger charge is 2.40. The van der Waals surface area contributed by atoms with E-state index in [1.807, 2.05) is 0 Å². The molecule has 52 heavy (non-hydrogen) atoms. The summed E-state index contributed by atoms with van der Waals surface area (Å²) in [5.74, 6) is 0. The monoisotopic (exact) mass is 679 g/mol. The van der Waals surface area contributed by atoms with E-state index in [0.29, 0.717) is 6.54 Å².